The molecule has 0 bridgehead atoms. The van der Waals surface area contributed by atoms with Gasteiger partial charge in [-0.15, -0.1) is 22.7 Å². The maximum Gasteiger partial charge on any atom is 0.230 e. The molecular formula is C19H15N3OS3. The summed E-state index contributed by atoms with van der Waals surface area (Å²) in [4.78, 5) is 21.2. The van der Waals surface area contributed by atoms with Crippen LogP contribution in [0.3, 0.4) is 0 Å². The summed E-state index contributed by atoms with van der Waals surface area (Å²) >= 11 is 4.68. The Labute approximate surface area is 163 Å². The number of nitrogens with one attached hydrogen (secondary N) is 1. The first-order chi connectivity index (χ1) is 12.8. The molecule has 4 nitrogen and oxygen atoms in total. The Balaban J connectivity index is 1.29. The number of thioether (sulfide) groups is 1. The summed E-state index contributed by atoms with van der Waals surface area (Å²) in [6.45, 7) is 0.447. The SMILES string of the molecule is O=C(CSc1nc2ccccc2s1)NCc1csc(-c2ccccc2)n1. The number of benzene rings is 2. The van der Waals surface area contributed by atoms with Crippen molar-refractivity contribution in [2.75, 3.05) is 5.75 Å². The lowest BCUT2D eigenvalue weighted by atomic mass is 10.2. The number of aromatic nitrogens is 2. The topological polar surface area (TPSA) is 54.9 Å². The predicted molar refractivity (Wildman–Crippen MR) is 110 cm³/mol. The van der Waals surface area contributed by atoms with Gasteiger partial charge in [0, 0.05) is 10.9 Å². The number of nitrogens with zero attached hydrogens (tertiary/aromatic N) is 2. The molecule has 0 aliphatic heterocycles. The average molecular weight is 398 g/mol. The van der Waals surface area contributed by atoms with Crippen molar-refractivity contribution in [1.29, 1.82) is 0 Å². The first-order valence-electron chi connectivity index (χ1n) is 8.03. The molecule has 26 heavy (non-hydrogen) atoms. The van der Waals surface area contributed by atoms with Gasteiger partial charge in [-0.2, -0.15) is 0 Å². The summed E-state index contributed by atoms with van der Waals surface area (Å²) in [5.74, 6) is 0.346. The fourth-order valence-corrected chi connectivity index (χ4v) is 5.11. The Morgan fingerprint density at radius 3 is 2.69 bits per heavy atom. The van der Waals surface area contributed by atoms with Crippen LogP contribution in [0.15, 0.2) is 64.3 Å². The number of hydrogen-bond donors (Lipinski definition) is 1. The molecule has 1 amide bonds. The lowest BCUT2D eigenvalue weighted by molar-refractivity contribution is -0.118. The van der Waals surface area contributed by atoms with Crippen molar-refractivity contribution in [2.45, 2.75) is 10.9 Å². The van der Waals surface area contributed by atoms with E-state index in [1.165, 1.54) is 11.8 Å². The van der Waals surface area contributed by atoms with Crippen molar-refractivity contribution in [1.82, 2.24) is 15.3 Å². The highest BCUT2D eigenvalue weighted by Crippen LogP contribution is 2.29. The largest absolute Gasteiger partial charge is 0.350 e. The van der Waals surface area contributed by atoms with Crippen LogP contribution in [-0.2, 0) is 11.3 Å². The molecular weight excluding hydrogens is 382 g/mol. The van der Waals surface area contributed by atoms with Gasteiger partial charge in [0.2, 0.25) is 5.91 Å². The molecule has 0 spiro atoms. The number of para-hydroxylation sites is 1. The molecule has 2 aromatic carbocycles. The van der Waals surface area contributed by atoms with Crippen molar-refractivity contribution in [3.63, 3.8) is 0 Å². The molecule has 1 N–H and O–H groups in total. The first-order valence-corrected chi connectivity index (χ1v) is 10.7. The minimum atomic E-state index is -0.0106. The number of hydrogen-bond acceptors (Lipinski definition) is 6. The van der Waals surface area contributed by atoms with Crippen LogP contribution in [-0.4, -0.2) is 21.6 Å². The van der Waals surface area contributed by atoms with Crippen molar-refractivity contribution in [2.24, 2.45) is 0 Å². The van der Waals surface area contributed by atoms with Crippen LogP contribution in [0.2, 0.25) is 0 Å². The number of rotatable bonds is 6. The Kier molecular flexibility index (Phi) is 5.29. The standard InChI is InChI=1S/C19H15N3OS3/c23-17(12-25-19-22-15-8-4-5-9-16(15)26-19)20-10-14-11-24-18(21-14)13-6-2-1-3-7-13/h1-9,11H,10,12H2,(H,20,23). The van der Waals surface area contributed by atoms with Crippen molar-refractivity contribution >= 4 is 50.6 Å². The first kappa shape index (κ1) is 17.2. The Morgan fingerprint density at radius 1 is 1.04 bits per heavy atom. The summed E-state index contributed by atoms with van der Waals surface area (Å²) in [6.07, 6.45) is 0. The summed E-state index contributed by atoms with van der Waals surface area (Å²) in [6, 6.07) is 18.1. The summed E-state index contributed by atoms with van der Waals surface area (Å²) < 4.78 is 2.06. The molecule has 0 atom stereocenters. The summed E-state index contributed by atoms with van der Waals surface area (Å²) in [5, 5.41) is 5.89. The minimum absolute atomic E-state index is 0.0106. The van der Waals surface area contributed by atoms with E-state index in [4.69, 9.17) is 0 Å². The van der Waals surface area contributed by atoms with Gasteiger partial charge in [0.15, 0.2) is 4.34 Å². The van der Waals surface area contributed by atoms with Crippen LogP contribution in [0.5, 0.6) is 0 Å². The van der Waals surface area contributed by atoms with Crippen molar-refractivity contribution < 1.29 is 4.79 Å². The second kappa shape index (κ2) is 7.99. The zero-order valence-electron chi connectivity index (χ0n) is 13.7. The molecule has 0 fully saturated rings. The highest BCUT2D eigenvalue weighted by atomic mass is 32.2. The van der Waals surface area contributed by atoms with Crippen molar-refractivity contribution in [3.05, 3.63) is 65.7 Å². The second-order valence-corrected chi connectivity index (χ2v) is 8.63. The van der Waals surface area contributed by atoms with Gasteiger partial charge in [0.05, 0.1) is 28.2 Å². The van der Waals surface area contributed by atoms with E-state index >= 15 is 0 Å². The van der Waals surface area contributed by atoms with Gasteiger partial charge in [-0.25, -0.2) is 9.97 Å². The molecule has 0 saturated heterocycles. The maximum absolute atomic E-state index is 12.1. The molecule has 2 aromatic heterocycles. The third kappa shape index (κ3) is 4.12. The molecule has 0 radical (unpaired) electrons. The quantitative estimate of drug-likeness (QED) is 0.474. The number of thiazole rings is 2. The van der Waals surface area contributed by atoms with E-state index in [0.29, 0.717) is 12.3 Å². The van der Waals surface area contributed by atoms with Crippen LogP contribution >= 0.6 is 34.4 Å². The van der Waals surface area contributed by atoms with Crippen LogP contribution in [0.4, 0.5) is 0 Å². The monoisotopic (exact) mass is 397 g/mol. The fourth-order valence-electron chi connectivity index (χ4n) is 2.38. The Bertz CT molecular complexity index is 994. The highest BCUT2D eigenvalue weighted by molar-refractivity contribution is 8.01. The lowest BCUT2D eigenvalue weighted by Crippen LogP contribution is -2.24. The zero-order valence-corrected chi connectivity index (χ0v) is 16.2. The Hall–Kier alpha value is -2.22. The van der Waals surface area contributed by atoms with Gasteiger partial charge in [-0.05, 0) is 12.1 Å². The van der Waals surface area contributed by atoms with E-state index in [0.717, 1.165) is 30.8 Å². The third-order valence-corrected chi connectivity index (χ3v) is 6.76. The van der Waals surface area contributed by atoms with E-state index in [-0.39, 0.29) is 5.91 Å². The van der Waals surface area contributed by atoms with E-state index in [1.54, 1.807) is 22.7 Å². The van der Waals surface area contributed by atoms with Crippen molar-refractivity contribution in [3.8, 4) is 10.6 Å². The number of carbonyl (C=O) groups is 1. The van der Waals surface area contributed by atoms with E-state index in [1.807, 2.05) is 60.0 Å². The number of carbonyl (C=O) groups excluding carboxylic acids is 1. The molecule has 0 unspecified atom stereocenters. The predicted octanol–water partition coefficient (Wildman–Crippen LogP) is 4.83. The van der Waals surface area contributed by atoms with Crippen LogP contribution in [0, 0.1) is 0 Å². The van der Waals surface area contributed by atoms with Gasteiger partial charge < -0.3 is 5.32 Å². The second-order valence-electron chi connectivity index (χ2n) is 5.52. The lowest BCUT2D eigenvalue weighted by Gasteiger charge is -2.01. The molecule has 2 heterocycles. The van der Waals surface area contributed by atoms with E-state index in [2.05, 4.69) is 15.3 Å². The smallest absolute Gasteiger partial charge is 0.230 e. The van der Waals surface area contributed by atoms with Crippen LogP contribution in [0.1, 0.15) is 5.69 Å². The molecule has 0 aliphatic carbocycles. The molecule has 0 aliphatic rings. The third-order valence-electron chi connectivity index (χ3n) is 3.64. The van der Waals surface area contributed by atoms with Gasteiger partial charge in [0.25, 0.3) is 0 Å². The summed E-state index contributed by atoms with van der Waals surface area (Å²) in [5.41, 5.74) is 2.96. The van der Waals surface area contributed by atoms with Gasteiger partial charge in [0.1, 0.15) is 5.01 Å². The molecule has 0 saturated carbocycles. The van der Waals surface area contributed by atoms with Crippen LogP contribution in [0.25, 0.3) is 20.8 Å². The van der Waals surface area contributed by atoms with Gasteiger partial charge in [-0.1, -0.05) is 54.2 Å². The average Bonchev–Trinajstić information content (AvgIpc) is 3.32. The molecule has 4 aromatic rings. The van der Waals surface area contributed by atoms with Gasteiger partial charge in [-0.3, -0.25) is 4.79 Å². The molecule has 7 heteroatoms. The molecule has 4 rings (SSSR count). The number of amides is 1. The van der Waals surface area contributed by atoms with Crippen LogP contribution < -0.4 is 5.32 Å². The zero-order chi connectivity index (χ0) is 17.8. The number of fused-ring (bicyclic) bond motifs is 1. The summed E-state index contributed by atoms with van der Waals surface area (Å²) in [7, 11) is 0. The highest BCUT2D eigenvalue weighted by Gasteiger charge is 2.09. The normalized spacial score (nSPS) is 10.9. The van der Waals surface area contributed by atoms with E-state index in [9.17, 15) is 4.79 Å². The Morgan fingerprint density at radius 2 is 1.85 bits per heavy atom. The fraction of sp³-hybridized carbons (Fsp3) is 0.105. The maximum atomic E-state index is 12.1. The van der Waals surface area contributed by atoms with E-state index < -0.39 is 0 Å². The van der Waals surface area contributed by atoms with Gasteiger partial charge >= 0.3 is 0 Å². The minimum Gasteiger partial charge on any atom is -0.350 e. The molecule has 130 valence electrons.